The Morgan fingerprint density at radius 3 is 1.38 bits per heavy atom. The van der Waals surface area contributed by atoms with E-state index in [0.29, 0.717) is 0 Å². The summed E-state index contributed by atoms with van der Waals surface area (Å²) in [4.78, 5) is 2.60. The second-order valence-electron chi connectivity index (χ2n) is 21.4. The number of para-hydroxylation sites is 1. The maximum atomic E-state index is 2.60. The number of rotatable bonds is 8. The molecule has 76 heavy (non-hydrogen) atoms. The maximum Gasteiger partial charge on any atom is 0.0714 e. The molecule has 12 aromatic rings. The zero-order chi connectivity index (χ0) is 50.6. The summed E-state index contributed by atoms with van der Waals surface area (Å²) >= 11 is 0. The Morgan fingerprint density at radius 1 is 0.289 bits per heavy atom. The van der Waals surface area contributed by atoms with Gasteiger partial charge in [0, 0.05) is 16.7 Å². The first-order valence-electron chi connectivity index (χ1n) is 26.8. The predicted molar refractivity (Wildman–Crippen MR) is 316 cm³/mol. The molecule has 358 valence electrons. The minimum atomic E-state index is -0.569. The summed E-state index contributed by atoms with van der Waals surface area (Å²) in [7, 11) is 0. The van der Waals surface area contributed by atoms with Crippen molar-refractivity contribution in [1.29, 1.82) is 0 Å². The molecule has 15 rings (SSSR count). The topological polar surface area (TPSA) is 3.24 Å². The molecule has 0 saturated carbocycles. The Kier molecular flexibility index (Phi) is 9.81. The van der Waals surface area contributed by atoms with Crippen molar-refractivity contribution in [2.24, 2.45) is 0 Å². The molecule has 0 spiro atoms. The lowest BCUT2D eigenvalue weighted by atomic mass is 9.67. The van der Waals surface area contributed by atoms with Crippen molar-refractivity contribution in [2.45, 2.75) is 30.1 Å². The van der Waals surface area contributed by atoms with Gasteiger partial charge in [-0.1, -0.05) is 269 Å². The van der Waals surface area contributed by atoms with Crippen molar-refractivity contribution in [3.05, 3.63) is 341 Å². The SMILES string of the molecule is CC1(C)c2ccc3ccccc3c2-c2cccc(N(c3ccc4c(c3)C(c3ccccc3)(c3ccccc3)c3ccccc3-4)c3ccccc3-c3ccc4c(c3)-c3ccccc3C4(c3ccccc3)c3ccccc3)c21. The van der Waals surface area contributed by atoms with Gasteiger partial charge in [0.2, 0.25) is 0 Å². The molecule has 1 heteroatoms. The van der Waals surface area contributed by atoms with Crippen LogP contribution in [0.25, 0.3) is 55.3 Å². The van der Waals surface area contributed by atoms with Crippen LogP contribution in [-0.4, -0.2) is 0 Å². The van der Waals surface area contributed by atoms with Gasteiger partial charge in [-0.15, -0.1) is 0 Å². The summed E-state index contributed by atoms with van der Waals surface area (Å²) < 4.78 is 0. The Balaban J connectivity index is 1.01. The number of hydrogen-bond acceptors (Lipinski definition) is 1. The highest BCUT2D eigenvalue weighted by molar-refractivity contribution is 6.05. The zero-order valence-corrected chi connectivity index (χ0v) is 42.6. The molecule has 3 aliphatic rings. The summed E-state index contributed by atoms with van der Waals surface area (Å²) in [5, 5.41) is 2.55. The normalized spacial score (nSPS) is 14.5. The van der Waals surface area contributed by atoms with Crippen LogP contribution in [0.4, 0.5) is 17.1 Å². The first kappa shape index (κ1) is 44.2. The molecule has 1 nitrogen and oxygen atoms in total. The second kappa shape index (κ2) is 16.9. The van der Waals surface area contributed by atoms with E-state index in [2.05, 4.69) is 304 Å². The molecular formula is C75H53N. The average Bonchev–Trinajstić information content (AvgIpc) is 4.09. The highest BCUT2D eigenvalue weighted by Crippen LogP contribution is 2.61. The number of benzene rings is 12. The quantitative estimate of drug-likeness (QED) is 0.147. The van der Waals surface area contributed by atoms with Gasteiger partial charge in [-0.3, -0.25) is 0 Å². The summed E-state index contributed by atoms with van der Waals surface area (Å²) in [5.74, 6) is 0. The van der Waals surface area contributed by atoms with Crippen LogP contribution in [0, 0.1) is 0 Å². The highest BCUT2D eigenvalue weighted by Gasteiger charge is 2.48. The van der Waals surface area contributed by atoms with Crippen molar-refractivity contribution in [1.82, 2.24) is 0 Å². The average molecular weight is 968 g/mol. The third-order valence-electron chi connectivity index (χ3n) is 17.4. The lowest BCUT2D eigenvalue weighted by molar-refractivity contribution is 0.661. The van der Waals surface area contributed by atoms with Gasteiger partial charge in [-0.05, 0) is 136 Å². The lowest BCUT2D eigenvalue weighted by Crippen LogP contribution is -2.29. The molecule has 0 N–H and O–H groups in total. The van der Waals surface area contributed by atoms with E-state index in [0.717, 1.165) is 16.9 Å². The molecule has 0 amide bonds. The third-order valence-corrected chi connectivity index (χ3v) is 17.4. The monoisotopic (exact) mass is 967 g/mol. The third kappa shape index (κ3) is 6.09. The molecule has 0 bridgehead atoms. The largest absolute Gasteiger partial charge is 0.310 e. The lowest BCUT2D eigenvalue weighted by Gasteiger charge is -2.36. The van der Waals surface area contributed by atoms with E-state index in [9.17, 15) is 0 Å². The second-order valence-corrected chi connectivity index (χ2v) is 21.4. The molecule has 0 aliphatic heterocycles. The first-order valence-corrected chi connectivity index (χ1v) is 26.8. The van der Waals surface area contributed by atoms with Crippen molar-refractivity contribution >= 4 is 27.8 Å². The minimum Gasteiger partial charge on any atom is -0.310 e. The Morgan fingerprint density at radius 2 is 0.750 bits per heavy atom. The van der Waals surface area contributed by atoms with Crippen LogP contribution in [0.3, 0.4) is 0 Å². The predicted octanol–water partition coefficient (Wildman–Crippen LogP) is 19.0. The summed E-state index contributed by atoms with van der Waals surface area (Å²) in [6.07, 6.45) is 0. The molecule has 0 aromatic heterocycles. The van der Waals surface area contributed by atoms with Gasteiger partial charge >= 0.3 is 0 Å². The fourth-order valence-electron chi connectivity index (χ4n) is 14.3. The summed E-state index contributed by atoms with van der Waals surface area (Å²) in [6, 6.07) is 107. The molecule has 0 atom stereocenters. The van der Waals surface area contributed by atoms with Gasteiger partial charge in [0.25, 0.3) is 0 Å². The van der Waals surface area contributed by atoms with Gasteiger partial charge < -0.3 is 4.90 Å². The van der Waals surface area contributed by atoms with E-state index in [-0.39, 0.29) is 5.41 Å². The van der Waals surface area contributed by atoms with Crippen LogP contribution in [-0.2, 0) is 16.2 Å². The van der Waals surface area contributed by atoms with Gasteiger partial charge in [0.05, 0.1) is 22.2 Å². The van der Waals surface area contributed by atoms with Crippen LogP contribution >= 0.6 is 0 Å². The van der Waals surface area contributed by atoms with Crippen LogP contribution < -0.4 is 4.90 Å². The number of nitrogens with zero attached hydrogens (tertiary/aromatic N) is 1. The highest BCUT2D eigenvalue weighted by atomic mass is 15.1. The fourth-order valence-corrected chi connectivity index (χ4v) is 14.3. The van der Waals surface area contributed by atoms with E-state index in [1.807, 2.05) is 0 Å². The smallest absolute Gasteiger partial charge is 0.0714 e. The van der Waals surface area contributed by atoms with Crippen LogP contribution in [0.5, 0.6) is 0 Å². The van der Waals surface area contributed by atoms with E-state index in [1.54, 1.807) is 0 Å². The molecule has 12 aromatic carbocycles. The molecular weight excluding hydrogens is 915 g/mol. The van der Waals surface area contributed by atoms with E-state index in [4.69, 9.17) is 0 Å². The van der Waals surface area contributed by atoms with Gasteiger partial charge in [-0.25, -0.2) is 0 Å². The van der Waals surface area contributed by atoms with E-state index < -0.39 is 10.8 Å². The maximum absolute atomic E-state index is 2.60. The summed E-state index contributed by atoms with van der Waals surface area (Å²) in [5.41, 5.74) is 25.0. The molecule has 0 fully saturated rings. The number of anilines is 3. The van der Waals surface area contributed by atoms with Gasteiger partial charge in [-0.2, -0.15) is 0 Å². The van der Waals surface area contributed by atoms with Gasteiger partial charge in [0.15, 0.2) is 0 Å². The Hall–Kier alpha value is -9.30. The first-order chi connectivity index (χ1) is 37.5. The van der Waals surface area contributed by atoms with Crippen LogP contribution in [0.1, 0.15) is 69.5 Å². The van der Waals surface area contributed by atoms with Crippen molar-refractivity contribution < 1.29 is 0 Å². The standard InChI is InChI=1S/C75H53N/c1-73(2)67-47-42-50-24-15-16-34-58(50)71(67)62-37-23-41-70(72(62)73)76(56-44-45-61-59-35-17-20-38-64(59)75(68(61)49-56,54-29-11-5-12-30-54)55-31-13-6-14-32-55)69-40-22-19-33-57(69)51-43-46-66-63(48-51)60-36-18-21-39-65(60)74(66,52-25-7-3-8-26-52)53-27-9-4-10-28-53/h3-49H,1-2H3. The molecule has 0 radical (unpaired) electrons. The Bertz CT molecular complexity index is 4170. The number of hydrogen-bond donors (Lipinski definition) is 0. The van der Waals surface area contributed by atoms with Gasteiger partial charge in [0.1, 0.15) is 0 Å². The van der Waals surface area contributed by atoms with Crippen molar-refractivity contribution in [3.8, 4) is 44.5 Å². The Labute approximate surface area is 445 Å². The van der Waals surface area contributed by atoms with Crippen LogP contribution in [0.15, 0.2) is 285 Å². The molecule has 0 unspecified atom stereocenters. The molecule has 0 heterocycles. The zero-order valence-electron chi connectivity index (χ0n) is 42.6. The molecule has 0 saturated heterocycles. The molecule has 3 aliphatic carbocycles. The van der Waals surface area contributed by atoms with Crippen molar-refractivity contribution in [2.75, 3.05) is 4.90 Å². The van der Waals surface area contributed by atoms with E-state index >= 15 is 0 Å². The number of fused-ring (bicyclic) bond motifs is 11. The van der Waals surface area contributed by atoms with Crippen LogP contribution in [0.2, 0.25) is 0 Å². The van der Waals surface area contributed by atoms with Crippen molar-refractivity contribution in [3.63, 3.8) is 0 Å². The van der Waals surface area contributed by atoms with E-state index in [1.165, 1.54) is 111 Å². The minimum absolute atomic E-state index is 0.321. The fraction of sp³-hybridized carbons (Fsp3) is 0.0667. The summed E-state index contributed by atoms with van der Waals surface area (Å²) in [6.45, 7) is 4.86.